The molecule has 2 heterocycles. The van der Waals surface area contributed by atoms with E-state index in [-0.39, 0.29) is 30.5 Å². The molecule has 1 unspecified atom stereocenters. The first-order valence-electron chi connectivity index (χ1n) is 7.94. The van der Waals surface area contributed by atoms with Crippen molar-refractivity contribution in [1.82, 2.24) is 10.2 Å². The Kier molecular flexibility index (Phi) is 4.83. The Labute approximate surface area is 144 Å². The number of carboxylic acids is 1. The van der Waals surface area contributed by atoms with Gasteiger partial charge in [-0.05, 0) is 17.7 Å². The molecule has 2 N–H and O–H groups in total. The number of likely N-dealkylation sites (tertiary alicyclic amines) is 1. The molecule has 0 spiro atoms. The second-order valence-corrected chi connectivity index (χ2v) is 5.95. The molecule has 1 fully saturated rings. The fraction of sp³-hybridized carbons (Fsp3) is 0.278. The van der Waals surface area contributed by atoms with Crippen molar-refractivity contribution in [1.29, 1.82) is 0 Å². The molecule has 0 aliphatic carbocycles. The second kappa shape index (κ2) is 7.21. The maximum Gasteiger partial charge on any atom is 0.371 e. The van der Waals surface area contributed by atoms with Crippen molar-refractivity contribution in [3.8, 4) is 0 Å². The Morgan fingerprint density at radius 3 is 2.64 bits per heavy atom. The summed E-state index contributed by atoms with van der Waals surface area (Å²) in [5, 5.41) is 11.5. The zero-order valence-corrected chi connectivity index (χ0v) is 13.5. The van der Waals surface area contributed by atoms with Gasteiger partial charge in [-0.3, -0.25) is 9.59 Å². The number of nitrogens with zero attached hydrogens (tertiary/aromatic N) is 1. The van der Waals surface area contributed by atoms with Crippen molar-refractivity contribution >= 4 is 17.8 Å². The van der Waals surface area contributed by atoms with E-state index >= 15 is 0 Å². The molecule has 2 aromatic rings. The Bertz CT molecular complexity index is 784. The monoisotopic (exact) mass is 342 g/mol. The third kappa shape index (κ3) is 4.06. The summed E-state index contributed by atoms with van der Waals surface area (Å²) in [7, 11) is 0. The standard InChI is InChI=1S/C18H18N2O5/c21-16-8-13(11-20(16)10-12-4-2-1-3-5-12)17(22)19-9-14-6-7-15(25-14)18(23)24/h1-7,13H,8-11H2,(H,19,22)(H,23,24). The van der Waals surface area contributed by atoms with Gasteiger partial charge in [-0.15, -0.1) is 0 Å². The molecule has 1 saturated heterocycles. The predicted molar refractivity (Wildman–Crippen MR) is 87.5 cm³/mol. The zero-order chi connectivity index (χ0) is 17.8. The van der Waals surface area contributed by atoms with E-state index in [0.29, 0.717) is 18.8 Å². The van der Waals surface area contributed by atoms with Crippen LogP contribution < -0.4 is 5.32 Å². The minimum atomic E-state index is -1.16. The quantitative estimate of drug-likeness (QED) is 0.831. The molecular weight excluding hydrogens is 324 g/mol. The molecule has 0 saturated carbocycles. The summed E-state index contributed by atoms with van der Waals surface area (Å²) in [4.78, 5) is 36.8. The normalized spacial score (nSPS) is 16.9. The van der Waals surface area contributed by atoms with Crippen LogP contribution in [-0.2, 0) is 22.7 Å². The molecule has 7 heteroatoms. The third-order valence-corrected chi connectivity index (χ3v) is 4.11. The van der Waals surface area contributed by atoms with Gasteiger partial charge in [0.2, 0.25) is 17.6 Å². The maximum absolute atomic E-state index is 12.3. The van der Waals surface area contributed by atoms with Crippen LogP contribution in [0.3, 0.4) is 0 Å². The molecule has 1 aliphatic rings. The highest BCUT2D eigenvalue weighted by molar-refractivity contribution is 5.89. The summed E-state index contributed by atoms with van der Waals surface area (Å²) in [5.74, 6) is -1.67. The number of aromatic carboxylic acids is 1. The Hall–Kier alpha value is -3.09. The minimum absolute atomic E-state index is 0.0461. The van der Waals surface area contributed by atoms with Crippen LogP contribution in [0.25, 0.3) is 0 Å². The Morgan fingerprint density at radius 2 is 1.96 bits per heavy atom. The van der Waals surface area contributed by atoms with E-state index in [2.05, 4.69) is 5.32 Å². The fourth-order valence-electron chi connectivity index (χ4n) is 2.81. The third-order valence-electron chi connectivity index (χ3n) is 4.11. The number of carbonyl (C=O) groups excluding carboxylic acids is 2. The van der Waals surface area contributed by atoms with Crippen LogP contribution in [0.5, 0.6) is 0 Å². The Morgan fingerprint density at radius 1 is 1.20 bits per heavy atom. The summed E-state index contributed by atoms with van der Waals surface area (Å²) in [5.41, 5.74) is 1.02. The number of hydrogen-bond donors (Lipinski definition) is 2. The molecule has 7 nitrogen and oxygen atoms in total. The van der Waals surface area contributed by atoms with Gasteiger partial charge < -0.3 is 19.7 Å². The number of rotatable bonds is 6. The van der Waals surface area contributed by atoms with Crippen molar-refractivity contribution in [3.05, 3.63) is 59.5 Å². The van der Waals surface area contributed by atoms with Gasteiger partial charge in [0, 0.05) is 19.5 Å². The largest absolute Gasteiger partial charge is 0.475 e. The van der Waals surface area contributed by atoms with Gasteiger partial charge in [0.25, 0.3) is 0 Å². The molecule has 130 valence electrons. The molecule has 1 aromatic carbocycles. The minimum Gasteiger partial charge on any atom is -0.475 e. The predicted octanol–water partition coefficient (Wildman–Crippen LogP) is 1.64. The van der Waals surface area contributed by atoms with Crippen LogP contribution in [0.1, 0.15) is 28.3 Å². The van der Waals surface area contributed by atoms with Gasteiger partial charge >= 0.3 is 5.97 Å². The SMILES string of the molecule is O=C(O)c1ccc(CNC(=O)C2CC(=O)N(Cc3ccccc3)C2)o1. The smallest absolute Gasteiger partial charge is 0.371 e. The van der Waals surface area contributed by atoms with Gasteiger partial charge in [-0.25, -0.2) is 4.79 Å². The summed E-state index contributed by atoms with van der Waals surface area (Å²) < 4.78 is 5.09. The topological polar surface area (TPSA) is 99.8 Å². The number of furan rings is 1. The molecule has 25 heavy (non-hydrogen) atoms. The fourth-order valence-corrected chi connectivity index (χ4v) is 2.81. The van der Waals surface area contributed by atoms with E-state index in [1.165, 1.54) is 12.1 Å². The van der Waals surface area contributed by atoms with E-state index in [9.17, 15) is 14.4 Å². The molecule has 2 amide bonds. The highest BCUT2D eigenvalue weighted by atomic mass is 16.4. The van der Waals surface area contributed by atoms with Crippen LogP contribution in [0.4, 0.5) is 0 Å². The van der Waals surface area contributed by atoms with Gasteiger partial charge in [-0.2, -0.15) is 0 Å². The number of carboxylic acid groups (broad SMARTS) is 1. The van der Waals surface area contributed by atoms with Crippen LogP contribution in [0.2, 0.25) is 0 Å². The number of amides is 2. The molecule has 3 rings (SSSR count). The van der Waals surface area contributed by atoms with E-state index in [1.807, 2.05) is 30.3 Å². The van der Waals surface area contributed by atoms with Gasteiger partial charge in [0.15, 0.2) is 0 Å². The highest BCUT2D eigenvalue weighted by Crippen LogP contribution is 2.20. The lowest BCUT2D eigenvalue weighted by Gasteiger charge is -2.16. The first-order chi connectivity index (χ1) is 12.0. The number of nitrogens with one attached hydrogen (secondary N) is 1. The number of carbonyl (C=O) groups is 3. The van der Waals surface area contributed by atoms with Crippen molar-refractivity contribution in [2.45, 2.75) is 19.5 Å². The second-order valence-electron chi connectivity index (χ2n) is 5.95. The average molecular weight is 342 g/mol. The summed E-state index contributed by atoms with van der Waals surface area (Å²) in [6.45, 7) is 0.956. The van der Waals surface area contributed by atoms with Gasteiger partial charge in [0.05, 0.1) is 12.5 Å². The van der Waals surface area contributed by atoms with E-state index in [0.717, 1.165) is 5.56 Å². The first kappa shape index (κ1) is 16.8. The zero-order valence-electron chi connectivity index (χ0n) is 13.5. The van der Waals surface area contributed by atoms with Crippen molar-refractivity contribution in [2.24, 2.45) is 5.92 Å². The molecule has 0 bridgehead atoms. The number of benzene rings is 1. The molecule has 1 atom stereocenters. The molecule has 1 aliphatic heterocycles. The van der Waals surface area contributed by atoms with Gasteiger partial charge in [0.1, 0.15) is 5.76 Å². The van der Waals surface area contributed by atoms with Crippen LogP contribution in [0, 0.1) is 5.92 Å². The summed E-state index contributed by atoms with van der Waals surface area (Å²) in [6, 6.07) is 12.5. The summed E-state index contributed by atoms with van der Waals surface area (Å²) in [6.07, 6.45) is 0.178. The maximum atomic E-state index is 12.3. The molecule has 0 radical (unpaired) electrons. The molecule has 1 aromatic heterocycles. The first-order valence-corrected chi connectivity index (χ1v) is 7.94. The lowest BCUT2D eigenvalue weighted by molar-refractivity contribution is -0.129. The van der Waals surface area contributed by atoms with E-state index in [1.54, 1.807) is 4.90 Å². The highest BCUT2D eigenvalue weighted by Gasteiger charge is 2.34. The van der Waals surface area contributed by atoms with Crippen LogP contribution in [0.15, 0.2) is 46.9 Å². The molecular formula is C18H18N2O5. The van der Waals surface area contributed by atoms with Crippen molar-refractivity contribution < 1.29 is 23.9 Å². The van der Waals surface area contributed by atoms with Crippen LogP contribution >= 0.6 is 0 Å². The van der Waals surface area contributed by atoms with E-state index < -0.39 is 11.9 Å². The van der Waals surface area contributed by atoms with Crippen LogP contribution in [-0.4, -0.2) is 34.3 Å². The van der Waals surface area contributed by atoms with E-state index in [4.69, 9.17) is 9.52 Å². The number of hydrogen-bond acceptors (Lipinski definition) is 4. The van der Waals surface area contributed by atoms with Gasteiger partial charge in [-0.1, -0.05) is 30.3 Å². The van der Waals surface area contributed by atoms with Crippen molar-refractivity contribution in [3.63, 3.8) is 0 Å². The average Bonchev–Trinajstić information content (AvgIpc) is 3.21. The lowest BCUT2D eigenvalue weighted by Crippen LogP contribution is -2.32. The lowest BCUT2D eigenvalue weighted by atomic mass is 10.1. The summed E-state index contributed by atoms with van der Waals surface area (Å²) >= 11 is 0. The Balaban J connectivity index is 1.52. The van der Waals surface area contributed by atoms with Crippen molar-refractivity contribution in [2.75, 3.05) is 6.54 Å².